The van der Waals surface area contributed by atoms with E-state index in [1.54, 1.807) is 31.2 Å². The zero-order valence-corrected chi connectivity index (χ0v) is 22.0. The first kappa shape index (κ1) is 27.0. The molecule has 3 rings (SSSR count). The molecule has 0 radical (unpaired) electrons. The number of nitrogens with zero attached hydrogens (tertiary/aromatic N) is 2. The van der Waals surface area contributed by atoms with E-state index in [0.29, 0.717) is 26.5 Å². The van der Waals surface area contributed by atoms with Crippen LogP contribution >= 0.6 is 23.2 Å². The molecular weight excluding hydrogens is 513 g/mol. The number of hydrogen-bond donors (Lipinski definition) is 1. The van der Waals surface area contributed by atoms with E-state index < -0.39 is 27.9 Å². The Morgan fingerprint density at radius 1 is 1.06 bits per heavy atom. The van der Waals surface area contributed by atoms with E-state index in [1.165, 1.54) is 23.1 Å². The number of nitrogens with one attached hydrogen (secondary N) is 1. The number of amides is 3. The van der Waals surface area contributed by atoms with Crippen LogP contribution in [0.3, 0.4) is 0 Å². The summed E-state index contributed by atoms with van der Waals surface area (Å²) in [5.41, 5.74) is 0.725. The summed E-state index contributed by atoms with van der Waals surface area (Å²) < 4.78 is 26.3. The summed E-state index contributed by atoms with van der Waals surface area (Å²) in [6.45, 7) is 5.65. The largest absolute Gasteiger partial charge is 0.354 e. The average Bonchev–Trinajstić information content (AvgIpc) is 3.01. The van der Waals surface area contributed by atoms with E-state index in [2.05, 4.69) is 5.32 Å². The molecule has 35 heavy (non-hydrogen) atoms. The van der Waals surface area contributed by atoms with Gasteiger partial charge in [0, 0.05) is 26.1 Å². The second kappa shape index (κ2) is 11.0. The highest BCUT2D eigenvalue weighted by Gasteiger charge is 2.41. The highest BCUT2D eigenvalue weighted by atomic mass is 35.5. The molecule has 1 unspecified atom stereocenters. The van der Waals surface area contributed by atoms with Gasteiger partial charge in [-0.05, 0) is 42.7 Å². The summed E-state index contributed by atoms with van der Waals surface area (Å²) in [6.07, 6.45) is -0.290. The molecule has 2 aromatic carbocycles. The molecule has 0 bridgehead atoms. The predicted octanol–water partition coefficient (Wildman–Crippen LogP) is 3.72. The molecule has 8 nitrogen and oxygen atoms in total. The number of benzene rings is 2. The standard InChI is InChI=1S/C24H27Cl2N3O5S/c1-15(2)13-27-23(31)16(3)28(14-17-8-9-19(25)20(26)12-17)22(30)10-11-29-24(32)18-6-4-5-7-21(18)35(29,33)34/h4-9,12,15-16H,10-11,13-14H2,1-3H3,(H,27,31). The molecule has 0 aromatic heterocycles. The second-order valence-corrected chi connectivity index (χ2v) is 11.4. The topological polar surface area (TPSA) is 104 Å². The third kappa shape index (κ3) is 5.97. The van der Waals surface area contributed by atoms with Gasteiger partial charge in [-0.3, -0.25) is 14.4 Å². The van der Waals surface area contributed by atoms with Gasteiger partial charge >= 0.3 is 0 Å². The van der Waals surface area contributed by atoms with Crippen molar-refractivity contribution < 1.29 is 22.8 Å². The Balaban J connectivity index is 1.80. The van der Waals surface area contributed by atoms with Gasteiger partial charge in [0.2, 0.25) is 11.8 Å². The van der Waals surface area contributed by atoms with Crippen LogP contribution in [0.25, 0.3) is 0 Å². The minimum atomic E-state index is -4.04. The Hall–Kier alpha value is -2.62. The number of rotatable bonds is 9. The normalized spacial score (nSPS) is 15.1. The van der Waals surface area contributed by atoms with Gasteiger partial charge in [-0.2, -0.15) is 0 Å². The van der Waals surface area contributed by atoms with E-state index in [4.69, 9.17) is 23.2 Å². The van der Waals surface area contributed by atoms with E-state index in [9.17, 15) is 22.8 Å². The first-order chi connectivity index (χ1) is 16.4. The summed E-state index contributed by atoms with van der Waals surface area (Å²) >= 11 is 12.1. The fraction of sp³-hybridized carbons (Fsp3) is 0.375. The van der Waals surface area contributed by atoms with Gasteiger partial charge in [-0.1, -0.05) is 55.2 Å². The molecule has 188 valence electrons. The lowest BCUT2D eigenvalue weighted by atomic mass is 10.1. The van der Waals surface area contributed by atoms with Gasteiger partial charge < -0.3 is 10.2 Å². The number of fused-ring (bicyclic) bond motifs is 1. The van der Waals surface area contributed by atoms with Crippen LogP contribution in [0.15, 0.2) is 47.4 Å². The number of carbonyl (C=O) groups is 3. The van der Waals surface area contributed by atoms with Crippen LogP contribution in [0.1, 0.15) is 43.1 Å². The van der Waals surface area contributed by atoms with Crippen LogP contribution in [0.4, 0.5) is 0 Å². The summed E-state index contributed by atoms with van der Waals surface area (Å²) in [5, 5.41) is 3.47. The van der Waals surface area contributed by atoms with Gasteiger partial charge in [-0.15, -0.1) is 0 Å². The van der Waals surface area contributed by atoms with Crippen molar-refractivity contribution in [2.45, 2.75) is 44.7 Å². The zero-order chi connectivity index (χ0) is 25.9. The maximum atomic E-state index is 13.3. The number of halogens is 2. The molecule has 1 heterocycles. The second-order valence-electron chi connectivity index (χ2n) is 8.71. The van der Waals surface area contributed by atoms with Crippen molar-refractivity contribution in [1.29, 1.82) is 0 Å². The Labute approximate surface area is 215 Å². The quantitative estimate of drug-likeness (QED) is 0.522. The smallest absolute Gasteiger partial charge is 0.269 e. The Kier molecular flexibility index (Phi) is 8.46. The van der Waals surface area contributed by atoms with Crippen molar-refractivity contribution in [2.75, 3.05) is 13.1 Å². The molecule has 0 aliphatic carbocycles. The lowest BCUT2D eigenvalue weighted by Gasteiger charge is -2.29. The van der Waals surface area contributed by atoms with Crippen LogP contribution in [-0.2, 0) is 26.2 Å². The van der Waals surface area contributed by atoms with Crippen LogP contribution in [-0.4, -0.2) is 54.5 Å². The van der Waals surface area contributed by atoms with Crippen LogP contribution in [0.5, 0.6) is 0 Å². The maximum absolute atomic E-state index is 13.3. The van der Waals surface area contributed by atoms with Gasteiger partial charge in [0.05, 0.1) is 15.6 Å². The van der Waals surface area contributed by atoms with E-state index in [-0.39, 0.29) is 41.8 Å². The molecule has 1 N–H and O–H groups in total. The monoisotopic (exact) mass is 539 g/mol. The van der Waals surface area contributed by atoms with Crippen molar-refractivity contribution in [3.63, 3.8) is 0 Å². The molecule has 1 aliphatic rings. The van der Waals surface area contributed by atoms with E-state index in [0.717, 1.165) is 0 Å². The molecular formula is C24H27Cl2N3O5S. The SMILES string of the molecule is CC(C)CNC(=O)C(C)N(Cc1ccc(Cl)c(Cl)c1)C(=O)CCN1C(=O)c2ccccc2S1(=O)=O. The van der Waals surface area contributed by atoms with Crippen LogP contribution in [0, 0.1) is 5.92 Å². The summed E-state index contributed by atoms with van der Waals surface area (Å²) in [7, 11) is -4.04. The van der Waals surface area contributed by atoms with E-state index in [1.807, 2.05) is 13.8 Å². The van der Waals surface area contributed by atoms with Crippen LogP contribution in [0.2, 0.25) is 10.0 Å². The van der Waals surface area contributed by atoms with Gasteiger partial charge in [0.25, 0.3) is 15.9 Å². The summed E-state index contributed by atoms with van der Waals surface area (Å²) in [6, 6.07) is 9.96. The Bertz CT molecular complexity index is 1250. The fourth-order valence-corrected chi connectivity index (χ4v) is 5.55. The molecule has 0 fully saturated rings. The molecule has 1 aliphatic heterocycles. The number of carbonyl (C=O) groups excluding carboxylic acids is 3. The molecule has 3 amide bonds. The van der Waals surface area contributed by atoms with Crippen molar-refractivity contribution >= 4 is 50.9 Å². The predicted molar refractivity (Wildman–Crippen MR) is 134 cm³/mol. The highest BCUT2D eigenvalue weighted by Crippen LogP contribution is 2.30. The van der Waals surface area contributed by atoms with Gasteiger partial charge in [0.1, 0.15) is 10.9 Å². The molecule has 11 heteroatoms. The molecule has 0 spiro atoms. The third-order valence-electron chi connectivity index (χ3n) is 5.63. The first-order valence-electron chi connectivity index (χ1n) is 11.1. The average molecular weight is 540 g/mol. The minimum Gasteiger partial charge on any atom is -0.354 e. The number of sulfonamides is 1. The maximum Gasteiger partial charge on any atom is 0.269 e. The van der Waals surface area contributed by atoms with Crippen LogP contribution < -0.4 is 5.32 Å². The molecule has 1 atom stereocenters. The summed E-state index contributed by atoms with van der Waals surface area (Å²) in [5.74, 6) is -1.28. The van der Waals surface area contributed by atoms with Crippen molar-refractivity contribution in [1.82, 2.24) is 14.5 Å². The van der Waals surface area contributed by atoms with E-state index >= 15 is 0 Å². The number of hydrogen-bond acceptors (Lipinski definition) is 5. The lowest BCUT2D eigenvalue weighted by molar-refractivity contribution is -0.140. The zero-order valence-electron chi connectivity index (χ0n) is 19.6. The molecule has 0 saturated carbocycles. The lowest BCUT2D eigenvalue weighted by Crippen LogP contribution is -2.49. The Morgan fingerprint density at radius 2 is 1.74 bits per heavy atom. The minimum absolute atomic E-state index is 0.0485. The fourth-order valence-electron chi connectivity index (χ4n) is 3.66. The first-order valence-corrected chi connectivity index (χ1v) is 13.3. The molecule has 2 aromatic rings. The van der Waals surface area contributed by atoms with Gasteiger partial charge in [-0.25, -0.2) is 12.7 Å². The third-order valence-corrected chi connectivity index (χ3v) is 8.21. The highest BCUT2D eigenvalue weighted by molar-refractivity contribution is 7.90. The van der Waals surface area contributed by atoms with Crippen molar-refractivity contribution in [3.05, 3.63) is 63.6 Å². The van der Waals surface area contributed by atoms with Crippen molar-refractivity contribution in [3.8, 4) is 0 Å². The van der Waals surface area contributed by atoms with Crippen molar-refractivity contribution in [2.24, 2.45) is 5.92 Å². The van der Waals surface area contributed by atoms with Gasteiger partial charge in [0.15, 0.2) is 0 Å². The Morgan fingerprint density at radius 3 is 2.37 bits per heavy atom. The molecule has 0 saturated heterocycles. The summed E-state index contributed by atoms with van der Waals surface area (Å²) in [4.78, 5) is 40.0.